The number of aliphatic hydroxyl groups excluding tert-OH is 1. The zero-order valence-electron chi connectivity index (χ0n) is 27.9. The van der Waals surface area contributed by atoms with Crippen molar-refractivity contribution in [2.75, 3.05) is 44.0 Å². The molecule has 1 aliphatic heterocycles. The number of nitrogens with zero attached hydrogens (tertiary/aromatic N) is 2. The van der Waals surface area contributed by atoms with Crippen LogP contribution in [0, 0.1) is 5.92 Å². The molecule has 0 unspecified atom stereocenters. The van der Waals surface area contributed by atoms with Crippen LogP contribution in [0.5, 0.6) is 5.75 Å². The number of para-hydroxylation sites is 1. The summed E-state index contributed by atoms with van der Waals surface area (Å²) in [5, 5.41) is 15.8. The molecule has 10 heteroatoms. The predicted octanol–water partition coefficient (Wildman–Crippen LogP) is 5.83. The Morgan fingerprint density at radius 2 is 1.66 bits per heavy atom. The number of anilines is 2. The van der Waals surface area contributed by atoms with Gasteiger partial charge < -0.3 is 35.0 Å². The number of carbonyl (C=O) groups excluding carboxylic acids is 3. The third-order valence-corrected chi connectivity index (χ3v) is 8.42. The summed E-state index contributed by atoms with van der Waals surface area (Å²) >= 11 is 0. The maximum absolute atomic E-state index is 14.3. The predicted molar refractivity (Wildman–Crippen MR) is 184 cm³/mol. The highest BCUT2D eigenvalue weighted by Gasteiger charge is 2.31. The van der Waals surface area contributed by atoms with E-state index < -0.39 is 12.1 Å². The minimum absolute atomic E-state index is 0.0145. The van der Waals surface area contributed by atoms with Crippen molar-refractivity contribution in [3.8, 4) is 5.75 Å². The Balaban J connectivity index is 1.58. The number of nitrogens with one attached hydrogen (secondary N) is 2. The largest absolute Gasteiger partial charge is 0.490 e. The van der Waals surface area contributed by atoms with Crippen LogP contribution in [0.15, 0.2) is 78.9 Å². The highest BCUT2D eigenvalue weighted by molar-refractivity contribution is 6.02. The van der Waals surface area contributed by atoms with Crippen LogP contribution in [0.3, 0.4) is 0 Å². The fraction of sp³-hybridized carbons (Fsp3) is 0.432. The molecule has 1 aliphatic rings. The van der Waals surface area contributed by atoms with Gasteiger partial charge in [0.05, 0.1) is 36.8 Å². The zero-order valence-corrected chi connectivity index (χ0v) is 27.9. The molecule has 0 aliphatic carbocycles. The molecule has 10 nitrogen and oxygen atoms in total. The van der Waals surface area contributed by atoms with Crippen molar-refractivity contribution >= 4 is 29.2 Å². The molecule has 4 amide bonds. The minimum Gasteiger partial charge on any atom is -0.490 e. The number of hydrogen-bond acceptors (Lipinski definition) is 6. The minimum atomic E-state index is -0.515. The van der Waals surface area contributed by atoms with Crippen LogP contribution in [-0.2, 0) is 16.0 Å². The molecule has 1 heterocycles. The Hall–Kier alpha value is -4.41. The van der Waals surface area contributed by atoms with Gasteiger partial charge in [0.15, 0.2) is 0 Å². The maximum Gasteiger partial charge on any atom is 0.323 e. The van der Waals surface area contributed by atoms with Crippen LogP contribution >= 0.6 is 0 Å². The van der Waals surface area contributed by atoms with Gasteiger partial charge in [-0.25, -0.2) is 4.79 Å². The second-order valence-corrected chi connectivity index (χ2v) is 12.4. The first-order chi connectivity index (χ1) is 22.6. The van der Waals surface area contributed by atoms with E-state index in [1.807, 2.05) is 62.4 Å². The van der Waals surface area contributed by atoms with E-state index in [1.165, 1.54) is 0 Å². The van der Waals surface area contributed by atoms with Gasteiger partial charge in [0.2, 0.25) is 5.91 Å². The normalized spacial score (nSPS) is 19.8. The number of urea groups is 1. The summed E-state index contributed by atoms with van der Waals surface area (Å²) in [5.41, 5.74) is 2.29. The molecule has 0 saturated carbocycles. The smallest absolute Gasteiger partial charge is 0.323 e. The fourth-order valence-corrected chi connectivity index (χ4v) is 5.56. The first kappa shape index (κ1) is 35.4. The lowest BCUT2D eigenvalue weighted by atomic mass is 10.0. The number of amides is 4. The van der Waals surface area contributed by atoms with Crippen molar-refractivity contribution in [3.63, 3.8) is 0 Å². The van der Waals surface area contributed by atoms with E-state index in [9.17, 15) is 19.5 Å². The van der Waals surface area contributed by atoms with E-state index in [0.717, 1.165) is 24.8 Å². The highest BCUT2D eigenvalue weighted by atomic mass is 16.5. The lowest BCUT2D eigenvalue weighted by Gasteiger charge is -2.36. The lowest BCUT2D eigenvalue weighted by Crippen LogP contribution is -2.48. The number of benzene rings is 3. The van der Waals surface area contributed by atoms with E-state index in [1.54, 1.807) is 54.1 Å². The molecule has 47 heavy (non-hydrogen) atoms. The number of aliphatic hydroxyl groups is 1. The summed E-state index contributed by atoms with van der Waals surface area (Å²) in [5.74, 6) is -0.115. The highest BCUT2D eigenvalue weighted by Crippen LogP contribution is 2.28. The van der Waals surface area contributed by atoms with Gasteiger partial charge in [-0.1, -0.05) is 55.5 Å². The molecular formula is C37H48N4O6. The zero-order chi connectivity index (χ0) is 33.8. The standard InChI is InChI=1S/C37H48N4O6/c1-26-23-41(27(2)25-42)36(44)32-22-31(39-37(45)38-30-16-9-6-10-17-30)18-19-33(32)47-28(3)13-11-12-20-46-34(26)24-40(4)35(43)21-29-14-7-5-8-15-29/h5-10,14-19,22,26-28,34,42H,11-13,20-21,23-25H2,1-4H3,(H2,38,39,45)/t26-,27-,28+,34-/m1/s1. The van der Waals surface area contributed by atoms with Gasteiger partial charge >= 0.3 is 6.03 Å². The molecule has 252 valence electrons. The SMILES string of the molecule is C[C@@H]1CN([C@H](C)CO)C(=O)c2cc(NC(=O)Nc3ccccc3)ccc2O[C@@H](C)CCCCO[C@@H]1CN(C)C(=O)Cc1ccccc1. The Bertz CT molecular complexity index is 1450. The van der Waals surface area contributed by atoms with Crippen LogP contribution in [-0.4, -0.2) is 84.4 Å². The molecular weight excluding hydrogens is 596 g/mol. The van der Waals surface area contributed by atoms with Crippen molar-refractivity contribution in [2.24, 2.45) is 5.92 Å². The van der Waals surface area contributed by atoms with Gasteiger partial charge in [-0.15, -0.1) is 0 Å². The van der Waals surface area contributed by atoms with Crippen LogP contribution in [0.1, 0.15) is 56.0 Å². The number of likely N-dealkylation sites (N-methyl/N-ethyl adjacent to an activating group) is 1. The summed E-state index contributed by atoms with van der Waals surface area (Å²) in [4.78, 5) is 43.6. The lowest BCUT2D eigenvalue weighted by molar-refractivity contribution is -0.131. The number of hydrogen-bond donors (Lipinski definition) is 3. The van der Waals surface area contributed by atoms with Gasteiger partial charge in [0.1, 0.15) is 5.75 Å². The number of ether oxygens (including phenoxy) is 2. The van der Waals surface area contributed by atoms with Crippen LogP contribution < -0.4 is 15.4 Å². The van der Waals surface area contributed by atoms with Crippen LogP contribution in [0.4, 0.5) is 16.2 Å². The summed E-state index contributed by atoms with van der Waals surface area (Å²) in [6.07, 6.45) is 2.21. The van der Waals surface area contributed by atoms with Crippen molar-refractivity contribution in [1.82, 2.24) is 9.80 Å². The third kappa shape index (κ3) is 10.6. The molecule has 0 radical (unpaired) electrons. The molecule has 3 aromatic carbocycles. The van der Waals surface area contributed by atoms with Gasteiger partial charge in [0.25, 0.3) is 5.91 Å². The Labute approximate surface area is 278 Å². The molecule has 0 aromatic heterocycles. The Morgan fingerprint density at radius 3 is 2.36 bits per heavy atom. The van der Waals surface area contributed by atoms with Crippen molar-refractivity contribution < 1.29 is 29.0 Å². The quantitative estimate of drug-likeness (QED) is 0.284. The van der Waals surface area contributed by atoms with Crippen LogP contribution in [0.25, 0.3) is 0 Å². The van der Waals surface area contributed by atoms with E-state index >= 15 is 0 Å². The van der Waals surface area contributed by atoms with Crippen molar-refractivity contribution in [3.05, 3.63) is 90.0 Å². The number of fused-ring (bicyclic) bond motifs is 1. The molecule has 4 rings (SSSR count). The monoisotopic (exact) mass is 644 g/mol. The van der Waals surface area contributed by atoms with Crippen molar-refractivity contribution in [1.29, 1.82) is 0 Å². The summed E-state index contributed by atoms with van der Waals surface area (Å²) < 4.78 is 12.7. The fourth-order valence-electron chi connectivity index (χ4n) is 5.56. The Morgan fingerprint density at radius 1 is 0.979 bits per heavy atom. The molecule has 0 spiro atoms. The molecule has 0 fully saturated rings. The van der Waals surface area contributed by atoms with Gasteiger partial charge in [-0.2, -0.15) is 0 Å². The second kappa shape index (κ2) is 17.5. The molecule has 3 N–H and O–H groups in total. The number of carbonyl (C=O) groups is 3. The van der Waals surface area contributed by atoms with Gasteiger partial charge in [-0.3, -0.25) is 9.59 Å². The number of rotatable bonds is 8. The molecule has 0 saturated heterocycles. The van der Waals surface area contributed by atoms with E-state index in [4.69, 9.17) is 9.47 Å². The molecule has 0 bridgehead atoms. The summed E-state index contributed by atoms with van der Waals surface area (Å²) in [7, 11) is 1.78. The molecule has 3 aromatic rings. The van der Waals surface area contributed by atoms with E-state index in [2.05, 4.69) is 10.6 Å². The van der Waals surface area contributed by atoms with Gasteiger partial charge in [0, 0.05) is 44.0 Å². The second-order valence-electron chi connectivity index (χ2n) is 12.4. The average molecular weight is 645 g/mol. The van der Waals surface area contributed by atoms with Gasteiger partial charge in [-0.05, 0) is 69.0 Å². The average Bonchev–Trinajstić information content (AvgIpc) is 3.06. The van der Waals surface area contributed by atoms with E-state index in [-0.39, 0.29) is 48.7 Å². The van der Waals surface area contributed by atoms with E-state index in [0.29, 0.717) is 36.7 Å². The van der Waals surface area contributed by atoms with Crippen molar-refractivity contribution in [2.45, 2.75) is 64.7 Å². The van der Waals surface area contributed by atoms with Crippen LogP contribution in [0.2, 0.25) is 0 Å². The maximum atomic E-state index is 14.3. The Kier molecular flexibility index (Phi) is 13.2. The topological polar surface area (TPSA) is 120 Å². The summed E-state index contributed by atoms with van der Waals surface area (Å²) in [6, 6.07) is 22.8. The first-order valence-electron chi connectivity index (χ1n) is 16.4. The molecule has 4 atom stereocenters. The summed E-state index contributed by atoms with van der Waals surface area (Å²) in [6.45, 7) is 6.66. The third-order valence-electron chi connectivity index (χ3n) is 8.42. The first-order valence-corrected chi connectivity index (χ1v) is 16.4.